The second-order valence-corrected chi connectivity index (χ2v) is 9.33. The molecule has 0 fully saturated rings. The number of fused-ring (bicyclic) bond motifs is 1. The van der Waals surface area contributed by atoms with E-state index in [1.54, 1.807) is 6.07 Å². The van der Waals surface area contributed by atoms with E-state index in [1.165, 1.54) is 36.4 Å². The van der Waals surface area contributed by atoms with Gasteiger partial charge in [0, 0.05) is 17.8 Å². The molecule has 0 saturated heterocycles. The highest BCUT2D eigenvalue weighted by molar-refractivity contribution is 7.92. The van der Waals surface area contributed by atoms with Crippen molar-refractivity contribution >= 4 is 33.2 Å². The first-order valence-corrected chi connectivity index (χ1v) is 11.9. The standard InChI is InChI=1S/C23H20ClFN2O5S/c24-20-13-15(14-21-22(20)32-12-11-31-21)9-10-26-23(28)16-1-5-18(6-2-16)27-33(29,30)19-7-3-17(25)4-8-19/h1-8,13-14,27H,9-12H2,(H,26,28). The summed E-state index contributed by atoms with van der Waals surface area (Å²) in [5, 5.41) is 3.28. The van der Waals surface area contributed by atoms with Crippen molar-refractivity contribution in [3.05, 3.63) is 82.6 Å². The molecule has 2 N–H and O–H groups in total. The van der Waals surface area contributed by atoms with Crippen molar-refractivity contribution in [2.45, 2.75) is 11.3 Å². The monoisotopic (exact) mass is 490 g/mol. The van der Waals surface area contributed by atoms with E-state index >= 15 is 0 Å². The Morgan fingerprint density at radius 3 is 2.42 bits per heavy atom. The number of rotatable bonds is 7. The molecule has 7 nitrogen and oxygen atoms in total. The first-order valence-electron chi connectivity index (χ1n) is 10.1. The van der Waals surface area contributed by atoms with Crippen LogP contribution in [0.5, 0.6) is 11.5 Å². The van der Waals surface area contributed by atoms with Gasteiger partial charge in [-0.2, -0.15) is 0 Å². The van der Waals surface area contributed by atoms with Crippen LogP contribution in [0.1, 0.15) is 15.9 Å². The number of halogens is 2. The van der Waals surface area contributed by atoms with E-state index in [2.05, 4.69) is 10.0 Å². The van der Waals surface area contributed by atoms with E-state index < -0.39 is 15.8 Å². The molecule has 172 valence electrons. The van der Waals surface area contributed by atoms with Crippen molar-refractivity contribution in [1.29, 1.82) is 0 Å². The third kappa shape index (κ3) is 5.55. The lowest BCUT2D eigenvalue weighted by atomic mass is 10.1. The minimum Gasteiger partial charge on any atom is -0.486 e. The summed E-state index contributed by atoms with van der Waals surface area (Å²) in [6.45, 7) is 1.28. The maximum atomic E-state index is 13.0. The van der Waals surface area contributed by atoms with Gasteiger partial charge in [0.05, 0.1) is 9.92 Å². The molecule has 33 heavy (non-hydrogen) atoms. The van der Waals surface area contributed by atoms with Gasteiger partial charge in [-0.1, -0.05) is 11.6 Å². The van der Waals surface area contributed by atoms with Gasteiger partial charge in [0.1, 0.15) is 19.0 Å². The normalized spacial score (nSPS) is 12.8. The zero-order valence-corrected chi connectivity index (χ0v) is 18.9. The summed E-state index contributed by atoms with van der Waals surface area (Å²) in [6, 6.07) is 14.1. The van der Waals surface area contributed by atoms with E-state index in [0.29, 0.717) is 48.3 Å². The number of carbonyl (C=O) groups excluding carboxylic acids is 1. The third-order valence-electron chi connectivity index (χ3n) is 4.88. The molecule has 3 aromatic carbocycles. The molecule has 0 saturated carbocycles. The van der Waals surface area contributed by atoms with Crippen molar-refractivity contribution in [1.82, 2.24) is 5.32 Å². The molecule has 3 aromatic rings. The Labute approximate surface area is 195 Å². The Bertz CT molecular complexity index is 1270. The molecule has 0 radical (unpaired) electrons. The Morgan fingerprint density at radius 1 is 1.00 bits per heavy atom. The van der Waals surface area contributed by atoms with Crippen LogP contribution in [0.3, 0.4) is 0 Å². The Hall–Kier alpha value is -3.30. The third-order valence-corrected chi connectivity index (χ3v) is 6.56. The fourth-order valence-corrected chi connectivity index (χ4v) is 4.59. The van der Waals surface area contributed by atoms with Crippen LogP contribution in [0.2, 0.25) is 5.02 Å². The second kappa shape index (κ2) is 9.68. The predicted molar refractivity (Wildman–Crippen MR) is 122 cm³/mol. The van der Waals surface area contributed by atoms with Gasteiger partial charge in [0.2, 0.25) is 0 Å². The van der Waals surface area contributed by atoms with Crippen LogP contribution in [0.4, 0.5) is 10.1 Å². The summed E-state index contributed by atoms with van der Waals surface area (Å²) in [6.07, 6.45) is 0.539. The van der Waals surface area contributed by atoms with Crippen molar-refractivity contribution in [2.24, 2.45) is 0 Å². The van der Waals surface area contributed by atoms with Gasteiger partial charge in [0.25, 0.3) is 15.9 Å². The molecular formula is C23H20ClFN2O5S. The number of sulfonamides is 1. The molecule has 0 spiro atoms. The van der Waals surface area contributed by atoms with Crippen LogP contribution in [-0.4, -0.2) is 34.1 Å². The Kier molecular flexibility index (Phi) is 6.71. The van der Waals surface area contributed by atoms with Crippen LogP contribution in [0.15, 0.2) is 65.6 Å². The summed E-state index contributed by atoms with van der Waals surface area (Å²) in [4.78, 5) is 12.4. The van der Waals surface area contributed by atoms with E-state index in [4.69, 9.17) is 21.1 Å². The first-order chi connectivity index (χ1) is 15.8. The minimum atomic E-state index is -3.87. The van der Waals surface area contributed by atoms with E-state index in [0.717, 1.165) is 17.7 Å². The maximum Gasteiger partial charge on any atom is 0.261 e. The topological polar surface area (TPSA) is 93.7 Å². The molecule has 1 aliphatic heterocycles. The lowest BCUT2D eigenvalue weighted by Gasteiger charge is -2.20. The predicted octanol–water partition coefficient (Wildman–Crippen LogP) is 4.02. The number of anilines is 1. The highest BCUT2D eigenvalue weighted by atomic mass is 35.5. The smallest absolute Gasteiger partial charge is 0.261 e. The van der Waals surface area contributed by atoms with Gasteiger partial charge in [0.15, 0.2) is 11.5 Å². The average molecular weight is 491 g/mol. The number of hydrogen-bond donors (Lipinski definition) is 2. The molecule has 0 aromatic heterocycles. The van der Waals surface area contributed by atoms with Gasteiger partial charge in [-0.25, -0.2) is 12.8 Å². The van der Waals surface area contributed by atoms with Crippen LogP contribution in [0, 0.1) is 5.82 Å². The highest BCUT2D eigenvalue weighted by Crippen LogP contribution is 2.38. The molecule has 0 aliphatic carbocycles. The fraction of sp³-hybridized carbons (Fsp3) is 0.174. The fourth-order valence-electron chi connectivity index (χ4n) is 3.25. The zero-order valence-electron chi connectivity index (χ0n) is 17.3. The average Bonchev–Trinajstić information content (AvgIpc) is 2.79. The molecule has 10 heteroatoms. The van der Waals surface area contributed by atoms with Crippen molar-refractivity contribution in [2.75, 3.05) is 24.5 Å². The number of ether oxygens (including phenoxy) is 2. The number of benzene rings is 3. The van der Waals surface area contributed by atoms with Gasteiger partial charge in [-0.3, -0.25) is 9.52 Å². The number of carbonyl (C=O) groups is 1. The molecule has 0 bridgehead atoms. The van der Waals surface area contributed by atoms with E-state index in [1.807, 2.05) is 6.07 Å². The highest BCUT2D eigenvalue weighted by Gasteiger charge is 2.17. The van der Waals surface area contributed by atoms with Gasteiger partial charge >= 0.3 is 0 Å². The number of nitrogens with one attached hydrogen (secondary N) is 2. The largest absolute Gasteiger partial charge is 0.486 e. The first kappa shape index (κ1) is 22.9. The van der Waals surface area contributed by atoms with Gasteiger partial charge < -0.3 is 14.8 Å². The molecule has 1 heterocycles. The Morgan fingerprint density at radius 2 is 1.70 bits per heavy atom. The van der Waals surface area contributed by atoms with E-state index in [9.17, 15) is 17.6 Å². The molecule has 1 amide bonds. The summed E-state index contributed by atoms with van der Waals surface area (Å²) in [7, 11) is -3.87. The maximum absolute atomic E-state index is 13.0. The van der Waals surface area contributed by atoms with Crippen LogP contribution in [0.25, 0.3) is 0 Å². The lowest BCUT2D eigenvalue weighted by molar-refractivity contribution is 0.0954. The SMILES string of the molecule is O=C(NCCc1cc(Cl)c2c(c1)OCCO2)c1ccc(NS(=O)(=O)c2ccc(F)cc2)cc1. The number of amides is 1. The number of hydrogen-bond acceptors (Lipinski definition) is 5. The molecule has 4 rings (SSSR count). The lowest BCUT2D eigenvalue weighted by Crippen LogP contribution is -2.25. The van der Waals surface area contributed by atoms with Crippen LogP contribution >= 0.6 is 11.6 Å². The molecular weight excluding hydrogens is 471 g/mol. The van der Waals surface area contributed by atoms with Gasteiger partial charge in [-0.05, 0) is 72.6 Å². The molecule has 0 atom stereocenters. The van der Waals surface area contributed by atoms with Crippen molar-refractivity contribution < 1.29 is 27.1 Å². The minimum absolute atomic E-state index is 0.0648. The molecule has 0 unspecified atom stereocenters. The summed E-state index contributed by atoms with van der Waals surface area (Å²) < 4.78 is 51.2. The van der Waals surface area contributed by atoms with Gasteiger partial charge in [-0.15, -0.1) is 0 Å². The quantitative estimate of drug-likeness (QED) is 0.521. The van der Waals surface area contributed by atoms with E-state index in [-0.39, 0.29) is 16.5 Å². The summed E-state index contributed by atoms with van der Waals surface area (Å²) in [5.41, 5.74) is 1.55. The van der Waals surface area contributed by atoms with Crippen LogP contribution < -0.4 is 19.5 Å². The molecule has 1 aliphatic rings. The second-order valence-electron chi connectivity index (χ2n) is 7.24. The van der Waals surface area contributed by atoms with Crippen molar-refractivity contribution in [3.63, 3.8) is 0 Å². The van der Waals surface area contributed by atoms with Crippen LogP contribution in [-0.2, 0) is 16.4 Å². The summed E-state index contributed by atoms with van der Waals surface area (Å²) in [5.74, 6) is 0.299. The zero-order chi connectivity index (χ0) is 23.4. The van der Waals surface area contributed by atoms with Crippen molar-refractivity contribution in [3.8, 4) is 11.5 Å². The Balaban J connectivity index is 1.33. The summed E-state index contributed by atoms with van der Waals surface area (Å²) >= 11 is 6.23.